The van der Waals surface area contributed by atoms with Crippen molar-refractivity contribution < 1.29 is 14.3 Å². The third-order valence-electron chi connectivity index (χ3n) is 3.77. The van der Waals surface area contributed by atoms with Crippen molar-refractivity contribution in [3.8, 4) is 0 Å². The minimum Gasteiger partial charge on any atom is -0.444 e. The number of guanidine groups is 1. The molecule has 8 nitrogen and oxygen atoms in total. The van der Waals surface area contributed by atoms with Gasteiger partial charge >= 0.3 is 6.09 Å². The van der Waals surface area contributed by atoms with E-state index in [1.165, 1.54) is 0 Å². The second-order valence-electron chi connectivity index (χ2n) is 7.65. The molecule has 1 aromatic rings. The topological polar surface area (TPSA) is 88.1 Å². The lowest BCUT2D eigenvalue weighted by Gasteiger charge is -2.27. The van der Waals surface area contributed by atoms with Gasteiger partial charge in [0.2, 0.25) is 0 Å². The standard InChI is InChI=1S/C21H37N5O3.HI/c1-6-23-19(25-13-9-15-28-5)24-12-8-14-26(20(27)29-21(2,3)4)17-18-10-7-11-22-16-18;/h7,10-11,16H,6,8-9,12-15,17H2,1-5H3,(H2,23,24,25);1H. The minimum atomic E-state index is -0.535. The second-order valence-corrected chi connectivity index (χ2v) is 7.65. The number of amides is 1. The number of aliphatic imine (C=N–C) groups is 1. The van der Waals surface area contributed by atoms with Crippen molar-refractivity contribution in [3.05, 3.63) is 30.1 Å². The predicted octanol–water partition coefficient (Wildman–Crippen LogP) is 3.42. The van der Waals surface area contributed by atoms with Crippen LogP contribution in [-0.2, 0) is 16.0 Å². The fourth-order valence-corrected chi connectivity index (χ4v) is 2.49. The van der Waals surface area contributed by atoms with Crippen molar-refractivity contribution in [1.29, 1.82) is 0 Å². The molecule has 172 valence electrons. The molecule has 0 aliphatic heterocycles. The SMILES string of the molecule is CCNC(=NCCCN(Cc1cccnc1)C(=O)OC(C)(C)C)NCCCOC.I. The highest BCUT2D eigenvalue weighted by Gasteiger charge is 2.22. The zero-order valence-corrected chi connectivity index (χ0v) is 21.3. The Balaban J connectivity index is 0.00000841. The summed E-state index contributed by atoms with van der Waals surface area (Å²) < 4.78 is 10.6. The van der Waals surface area contributed by atoms with Gasteiger partial charge in [0.05, 0.1) is 6.54 Å². The first kappa shape index (κ1) is 28.4. The van der Waals surface area contributed by atoms with Gasteiger partial charge < -0.3 is 25.0 Å². The third kappa shape index (κ3) is 13.6. The molecular formula is C21H38IN5O3. The Hall–Kier alpha value is -1.62. The van der Waals surface area contributed by atoms with Gasteiger partial charge in [-0.3, -0.25) is 9.98 Å². The van der Waals surface area contributed by atoms with Crippen molar-refractivity contribution in [3.63, 3.8) is 0 Å². The number of hydrogen-bond donors (Lipinski definition) is 2. The van der Waals surface area contributed by atoms with E-state index in [4.69, 9.17) is 9.47 Å². The Bertz CT molecular complexity index is 608. The zero-order chi connectivity index (χ0) is 21.5. The average molecular weight is 535 g/mol. The lowest BCUT2D eigenvalue weighted by Crippen LogP contribution is -2.39. The number of carbonyl (C=O) groups is 1. The maximum Gasteiger partial charge on any atom is 0.410 e. The number of ether oxygens (including phenoxy) is 2. The number of methoxy groups -OCH3 is 1. The molecule has 2 N–H and O–H groups in total. The van der Waals surface area contributed by atoms with Gasteiger partial charge in [-0.25, -0.2) is 4.79 Å². The van der Waals surface area contributed by atoms with Gasteiger partial charge in [0.15, 0.2) is 5.96 Å². The first-order chi connectivity index (χ1) is 13.9. The smallest absolute Gasteiger partial charge is 0.410 e. The quantitative estimate of drug-likeness (QED) is 0.196. The molecule has 0 fully saturated rings. The summed E-state index contributed by atoms with van der Waals surface area (Å²) in [6.45, 7) is 11.6. The van der Waals surface area contributed by atoms with Crippen LogP contribution >= 0.6 is 24.0 Å². The fourth-order valence-electron chi connectivity index (χ4n) is 2.49. The van der Waals surface area contributed by atoms with Gasteiger partial charge in [0, 0.05) is 52.3 Å². The van der Waals surface area contributed by atoms with E-state index >= 15 is 0 Å². The maximum absolute atomic E-state index is 12.6. The molecule has 0 atom stereocenters. The van der Waals surface area contributed by atoms with E-state index in [9.17, 15) is 4.79 Å². The molecule has 1 rings (SSSR count). The molecule has 0 saturated heterocycles. The molecule has 9 heteroatoms. The Morgan fingerprint density at radius 1 is 1.27 bits per heavy atom. The van der Waals surface area contributed by atoms with Crippen LogP contribution in [0.1, 0.15) is 46.1 Å². The molecule has 1 heterocycles. The number of halogens is 1. The summed E-state index contributed by atoms with van der Waals surface area (Å²) in [7, 11) is 1.70. The molecule has 0 bridgehead atoms. The van der Waals surface area contributed by atoms with Gasteiger partial charge in [-0.1, -0.05) is 6.07 Å². The van der Waals surface area contributed by atoms with Crippen molar-refractivity contribution in [2.24, 2.45) is 4.99 Å². The number of pyridine rings is 1. The molecule has 0 unspecified atom stereocenters. The van der Waals surface area contributed by atoms with E-state index in [2.05, 4.69) is 20.6 Å². The van der Waals surface area contributed by atoms with E-state index in [0.29, 0.717) is 26.2 Å². The highest BCUT2D eigenvalue weighted by Crippen LogP contribution is 2.13. The van der Waals surface area contributed by atoms with Crippen LogP contribution in [0, 0.1) is 0 Å². The van der Waals surface area contributed by atoms with Gasteiger partial charge in [0.1, 0.15) is 5.60 Å². The van der Waals surface area contributed by atoms with Crippen molar-refractivity contribution >= 4 is 36.0 Å². The Kier molecular flexibility index (Phi) is 15.2. The van der Waals surface area contributed by atoms with E-state index in [-0.39, 0.29) is 30.1 Å². The number of rotatable bonds is 11. The molecule has 0 aliphatic carbocycles. The zero-order valence-electron chi connectivity index (χ0n) is 18.9. The van der Waals surface area contributed by atoms with Crippen LogP contribution in [-0.4, -0.2) is 67.4 Å². The molecule has 0 aliphatic rings. The van der Waals surface area contributed by atoms with Crippen molar-refractivity contribution in [1.82, 2.24) is 20.5 Å². The molecule has 0 saturated carbocycles. The number of aromatic nitrogens is 1. The molecule has 0 spiro atoms. The molecular weight excluding hydrogens is 497 g/mol. The Morgan fingerprint density at radius 2 is 2.03 bits per heavy atom. The van der Waals surface area contributed by atoms with Gasteiger partial charge in [-0.05, 0) is 52.2 Å². The number of nitrogens with zero attached hydrogens (tertiary/aromatic N) is 3. The minimum absolute atomic E-state index is 0. The van der Waals surface area contributed by atoms with Crippen LogP contribution in [0.5, 0.6) is 0 Å². The molecule has 1 aromatic heterocycles. The molecule has 30 heavy (non-hydrogen) atoms. The van der Waals surface area contributed by atoms with Crippen molar-refractivity contribution in [2.45, 2.75) is 52.7 Å². The summed E-state index contributed by atoms with van der Waals surface area (Å²) in [5, 5.41) is 6.51. The van der Waals surface area contributed by atoms with Crippen molar-refractivity contribution in [2.75, 3.05) is 39.9 Å². The molecule has 1 amide bonds. The summed E-state index contributed by atoms with van der Waals surface area (Å²) in [5.41, 5.74) is 0.433. The highest BCUT2D eigenvalue weighted by molar-refractivity contribution is 14.0. The third-order valence-corrected chi connectivity index (χ3v) is 3.77. The molecule has 0 aromatic carbocycles. The summed E-state index contributed by atoms with van der Waals surface area (Å²) in [6, 6.07) is 3.82. The predicted molar refractivity (Wildman–Crippen MR) is 131 cm³/mol. The lowest BCUT2D eigenvalue weighted by molar-refractivity contribution is 0.0232. The van der Waals surface area contributed by atoms with Crippen LogP contribution in [0.15, 0.2) is 29.5 Å². The first-order valence-electron chi connectivity index (χ1n) is 10.2. The number of carbonyl (C=O) groups excluding carboxylic acids is 1. The normalized spacial score (nSPS) is 11.4. The van der Waals surface area contributed by atoms with E-state index in [1.54, 1.807) is 24.4 Å². The monoisotopic (exact) mass is 535 g/mol. The van der Waals surface area contributed by atoms with Gasteiger partial charge in [0.25, 0.3) is 0 Å². The Labute approximate surface area is 198 Å². The van der Waals surface area contributed by atoms with E-state index in [1.807, 2.05) is 39.8 Å². The number of nitrogens with one attached hydrogen (secondary N) is 2. The van der Waals surface area contributed by atoms with Crippen LogP contribution in [0.4, 0.5) is 4.79 Å². The summed E-state index contributed by atoms with van der Waals surface area (Å²) in [4.78, 5) is 23.0. The van der Waals surface area contributed by atoms with Gasteiger partial charge in [-0.2, -0.15) is 0 Å². The Morgan fingerprint density at radius 3 is 2.63 bits per heavy atom. The maximum atomic E-state index is 12.6. The summed E-state index contributed by atoms with van der Waals surface area (Å²) >= 11 is 0. The van der Waals surface area contributed by atoms with Crippen LogP contribution < -0.4 is 10.6 Å². The highest BCUT2D eigenvalue weighted by atomic mass is 127. The number of hydrogen-bond acceptors (Lipinski definition) is 5. The van der Waals surface area contributed by atoms with Crippen LogP contribution in [0.3, 0.4) is 0 Å². The van der Waals surface area contributed by atoms with E-state index in [0.717, 1.165) is 37.5 Å². The summed E-state index contributed by atoms with van der Waals surface area (Å²) in [5.74, 6) is 0.777. The largest absolute Gasteiger partial charge is 0.444 e. The first-order valence-corrected chi connectivity index (χ1v) is 10.2. The van der Waals surface area contributed by atoms with Gasteiger partial charge in [-0.15, -0.1) is 24.0 Å². The van der Waals surface area contributed by atoms with Crippen LogP contribution in [0.2, 0.25) is 0 Å². The summed E-state index contributed by atoms with van der Waals surface area (Å²) in [6.07, 6.45) is 4.81. The van der Waals surface area contributed by atoms with Crippen LogP contribution in [0.25, 0.3) is 0 Å². The average Bonchev–Trinajstić information content (AvgIpc) is 2.66. The van der Waals surface area contributed by atoms with E-state index < -0.39 is 5.60 Å². The lowest BCUT2D eigenvalue weighted by atomic mass is 10.2. The fraction of sp³-hybridized carbons (Fsp3) is 0.667. The second kappa shape index (κ2) is 16.1. The molecule has 0 radical (unpaired) electrons.